The van der Waals surface area contributed by atoms with Crippen molar-refractivity contribution in [3.05, 3.63) is 9.29 Å². The summed E-state index contributed by atoms with van der Waals surface area (Å²) in [4.78, 5) is 26.7. The van der Waals surface area contributed by atoms with Gasteiger partial charge in [0.25, 0.3) is 0 Å². The summed E-state index contributed by atoms with van der Waals surface area (Å²) in [5.41, 5.74) is 2.75. The number of amides is 2. The summed E-state index contributed by atoms with van der Waals surface area (Å²) in [6.45, 7) is 18.8. The number of rotatable bonds is 16. The first-order valence-corrected chi connectivity index (χ1v) is 24.8. The van der Waals surface area contributed by atoms with Gasteiger partial charge in [-0.1, -0.05) is 0 Å². The fraction of sp³-hybridized carbons (Fsp3) is 0.852. The summed E-state index contributed by atoms with van der Waals surface area (Å²) in [7, 11) is -1.37. The molecule has 0 spiro atoms. The minimum atomic E-state index is -2.51. The number of imide groups is 1. The van der Waals surface area contributed by atoms with E-state index >= 15 is 0 Å². The van der Waals surface area contributed by atoms with Crippen molar-refractivity contribution in [1.82, 2.24) is 4.90 Å². The molecule has 1 aliphatic heterocycles. The molecule has 33 heavy (non-hydrogen) atoms. The van der Waals surface area contributed by atoms with Crippen molar-refractivity contribution in [2.45, 2.75) is 131 Å². The van der Waals surface area contributed by atoms with Gasteiger partial charge >= 0.3 is 211 Å². The number of nitrogens with zero attached hydrogens (tertiary/aromatic N) is 1. The first-order valence-electron chi connectivity index (χ1n) is 13.7. The first kappa shape index (κ1) is 30.7. The van der Waals surface area contributed by atoms with E-state index in [4.69, 9.17) is 4.74 Å². The van der Waals surface area contributed by atoms with Gasteiger partial charge in [-0.25, -0.2) is 0 Å². The third kappa shape index (κ3) is 10.1. The monoisotopic (exact) mass is 587 g/mol. The van der Waals surface area contributed by atoms with Crippen LogP contribution in [0, 0.1) is 5.92 Å². The number of cyclic esters (lactones) is 1. The Morgan fingerprint density at radius 3 is 1.94 bits per heavy atom. The number of carbonyl (C=O) groups excluding carboxylic acids is 2. The maximum absolute atomic E-state index is 13.0. The molecule has 1 rings (SSSR count). The van der Waals surface area contributed by atoms with E-state index in [1.807, 2.05) is 3.59 Å². The quantitative estimate of drug-likeness (QED) is 0.171. The third-order valence-electron chi connectivity index (χ3n) is 7.10. The number of hydrogen-bond acceptors (Lipinski definition) is 3. The predicted molar refractivity (Wildman–Crippen MR) is 147 cm³/mol. The standard InChI is InChI=1S/C15H26NO3Si.3C4H9.Sn/c1-12(2)13-11-19-15(18)16(13)14(17)9-7-6-8-10-20(3,4)5;3*1-3-4-2;/h10,12-13H,6-7,9,11H2,1-5H3;3*1,3-4H2,2H3;/t13-;;;;/m1..../s1. The van der Waals surface area contributed by atoms with E-state index < -0.39 is 32.5 Å². The molecule has 0 aromatic carbocycles. The van der Waals surface area contributed by atoms with Crippen LogP contribution >= 0.6 is 0 Å². The zero-order valence-electron chi connectivity index (χ0n) is 23.1. The molecule has 1 fully saturated rings. The minimum absolute atomic E-state index is 0.0416. The fourth-order valence-corrected chi connectivity index (χ4v) is 28.7. The van der Waals surface area contributed by atoms with E-state index in [0.717, 1.165) is 12.8 Å². The Labute approximate surface area is 210 Å². The van der Waals surface area contributed by atoms with Gasteiger partial charge in [-0.3, -0.25) is 0 Å². The van der Waals surface area contributed by atoms with Crippen molar-refractivity contribution >= 4 is 38.5 Å². The summed E-state index contributed by atoms with van der Waals surface area (Å²) in [6, 6.07) is -0.112. The van der Waals surface area contributed by atoms with Gasteiger partial charge in [0, 0.05) is 0 Å². The molecule has 2 amide bonds. The summed E-state index contributed by atoms with van der Waals surface area (Å²) in [5.74, 6) is 0.184. The normalized spacial score (nSPS) is 17.7. The molecule has 1 heterocycles. The number of allylic oxidation sites excluding steroid dienone is 1. The molecule has 0 N–H and O–H groups in total. The molecule has 0 aliphatic carbocycles. The van der Waals surface area contributed by atoms with Crippen LogP contribution in [0.1, 0.15) is 92.4 Å². The molecule has 0 aromatic heterocycles. The number of carbonyl (C=O) groups is 2. The van der Waals surface area contributed by atoms with Crippen LogP contribution in [-0.2, 0) is 9.53 Å². The van der Waals surface area contributed by atoms with E-state index in [0.29, 0.717) is 13.0 Å². The summed E-state index contributed by atoms with van der Waals surface area (Å²) >= 11 is -2.51. The predicted octanol–water partition coefficient (Wildman–Crippen LogP) is 8.35. The van der Waals surface area contributed by atoms with Gasteiger partial charge in [-0.2, -0.15) is 0 Å². The molecule has 4 nitrogen and oxygen atoms in total. The average molecular weight is 587 g/mol. The maximum atomic E-state index is 13.0. The molecule has 0 aromatic rings. The Bertz CT molecular complexity index is 620. The molecule has 0 bridgehead atoms. The van der Waals surface area contributed by atoms with Gasteiger partial charge < -0.3 is 0 Å². The molecule has 1 atom stereocenters. The van der Waals surface area contributed by atoms with Crippen LogP contribution in [0.5, 0.6) is 0 Å². The number of unbranched alkanes of at least 4 members (excludes halogenated alkanes) is 3. The van der Waals surface area contributed by atoms with Crippen molar-refractivity contribution in [3.63, 3.8) is 0 Å². The van der Waals surface area contributed by atoms with Gasteiger partial charge in [0.2, 0.25) is 0 Å². The van der Waals surface area contributed by atoms with Gasteiger partial charge in [0.1, 0.15) is 0 Å². The first-order chi connectivity index (χ1) is 15.5. The Morgan fingerprint density at radius 1 is 1.00 bits per heavy atom. The molecule has 6 heteroatoms. The van der Waals surface area contributed by atoms with Crippen molar-refractivity contribution in [1.29, 1.82) is 0 Å². The van der Waals surface area contributed by atoms with Gasteiger partial charge in [0.15, 0.2) is 0 Å². The Hall–Kier alpha value is -0.304. The van der Waals surface area contributed by atoms with Gasteiger partial charge in [0.05, 0.1) is 0 Å². The Balaban J connectivity index is 3.09. The molecule has 192 valence electrons. The summed E-state index contributed by atoms with van der Waals surface area (Å²) in [5, 5.41) is 0. The summed E-state index contributed by atoms with van der Waals surface area (Å²) < 4.78 is 11.5. The summed E-state index contributed by atoms with van der Waals surface area (Å²) in [6.07, 6.45) is 9.88. The van der Waals surface area contributed by atoms with E-state index in [9.17, 15) is 9.59 Å². The SMILES string of the molecule is CCC[CH2][Sn]([CH2]CCC)([CH2]CCC)/[C](=C\[Si](C)(C)C)CCCC(=O)N1C(=O)OC[C@@H]1C(C)C. The van der Waals surface area contributed by atoms with E-state index in [1.165, 1.54) is 56.7 Å². The van der Waals surface area contributed by atoms with Crippen LogP contribution in [0.4, 0.5) is 4.79 Å². The number of hydrogen-bond donors (Lipinski definition) is 0. The van der Waals surface area contributed by atoms with Crippen molar-refractivity contribution in [3.8, 4) is 0 Å². The molecular formula is C27H53NO3SiSn. The van der Waals surface area contributed by atoms with E-state index in [-0.39, 0.29) is 17.9 Å². The van der Waals surface area contributed by atoms with Crippen LogP contribution in [0.15, 0.2) is 9.29 Å². The van der Waals surface area contributed by atoms with Crippen LogP contribution in [-0.4, -0.2) is 56.0 Å². The Morgan fingerprint density at radius 2 is 1.52 bits per heavy atom. The zero-order valence-corrected chi connectivity index (χ0v) is 27.0. The van der Waals surface area contributed by atoms with E-state index in [1.54, 1.807) is 0 Å². The number of ether oxygens (including phenoxy) is 1. The van der Waals surface area contributed by atoms with Crippen molar-refractivity contribution in [2.75, 3.05) is 6.61 Å². The van der Waals surface area contributed by atoms with Crippen LogP contribution in [0.2, 0.25) is 33.0 Å². The fourth-order valence-electron chi connectivity index (χ4n) is 5.18. The molecule has 0 unspecified atom stereocenters. The van der Waals surface area contributed by atoms with Crippen molar-refractivity contribution in [2.24, 2.45) is 5.92 Å². The topological polar surface area (TPSA) is 46.6 Å². The van der Waals surface area contributed by atoms with Crippen LogP contribution in [0.25, 0.3) is 0 Å². The Kier molecular flexibility index (Phi) is 13.9. The third-order valence-corrected chi connectivity index (χ3v) is 25.4. The molecule has 0 saturated carbocycles. The molecule has 1 saturated heterocycles. The zero-order chi connectivity index (χ0) is 25.1. The second-order valence-electron chi connectivity index (χ2n) is 11.6. The van der Waals surface area contributed by atoms with Crippen molar-refractivity contribution < 1.29 is 14.3 Å². The average Bonchev–Trinajstić information content (AvgIpc) is 3.13. The second-order valence-corrected chi connectivity index (χ2v) is 30.1. The second kappa shape index (κ2) is 14.9. The van der Waals surface area contributed by atoms with Crippen LogP contribution < -0.4 is 0 Å². The van der Waals surface area contributed by atoms with E-state index in [2.05, 4.69) is 60.0 Å². The molecule has 0 radical (unpaired) electrons. The molecular weight excluding hydrogens is 533 g/mol. The van der Waals surface area contributed by atoms with Crippen LogP contribution in [0.3, 0.4) is 0 Å². The molecule has 1 aliphatic rings. The van der Waals surface area contributed by atoms with Gasteiger partial charge in [-0.05, 0) is 0 Å². The van der Waals surface area contributed by atoms with Gasteiger partial charge in [-0.15, -0.1) is 0 Å².